The molecule has 0 saturated carbocycles. The molecule has 0 unspecified atom stereocenters. The summed E-state index contributed by atoms with van der Waals surface area (Å²) >= 11 is 2.89. The molecule has 1 aliphatic rings. The number of hydrogen-bond acceptors (Lipinski definition) is 7. The summed E-state index contributed by atoms with van der Waals surface area (Å²) in [6, 6.07) is 10.9. The van der Waals surface area contributed by atoms with Crippen LogP contribution in [-0.4, -0.2) is 45.1 Å². The van der Waals surface area contributed by atoms with Crippen LogP contribution >= 0.6 is 23.1 Å². The Morgan fingerprint density at radius 2 is 1.79 bits per heavy atom. The quantitative estimate of drug-likeness (QED) is 0.351. The zero-order valence-corrected chi connectivity index (χ0v) is 17.3. The maximum atomic E-state index is 12.8. The summed E-state index contributed by atoms with van der Waals surface area (Å²) in [4.78, 5) is 39.1. The molecule has 1 N–H and O–H groups in total. The van der Waals surface area contributed by atoms with E-state index in [4.69, 9.17) is 0 Å². The Morgan fingerprint density at radius 3 is 2.45 bits per heavy atom. The van der Waals surface area contributed by atoms with Crippen molar-refractivity contribution in [2.75, 3.05) is 17.6 Å². The highest BCUT2D eigenvalue weighted by molar-refractivity contribution is 8.01. The van der Waals surface area contributed by atoms with Crippen molar-refractivity contribution >= 4 is 56.7 Å². The standard InChI is InChI=1S/C20H18N4O3S2/c1-2-28-20-23-22-19(29-20)21-15(25)10-5-11-24-17(26)13-8-3-6-12-7-4-9-14(16(12)13)18(24)27/h3-4,6-9H,2,5,10-11H2,1H3,(H,21,22,25). The van der Waals surface area contributed by atoms with Gasteiger partial charge < -0.3 is 5.32 Å². The SMILES string of the molecule is CCSc1nnc(NC(=O)CCCN2C(=O)c3cccc4cccc(c34)C2=O)s1. The Labute approximate surface area is 175 Å². The average molecular weight is 427 g/mol. The Morgan fingerprint density at radius 1 is 1.10 bits per heavy atom. The molecule has 1 aliphatic heterocycles. The van der Waals surface area contributed by atoms with Crippen molar-refractivity contribution < 1.29 is 14.4 Å². The highest BCUT2D eigenvalue weighted by atomic mass is 32.2. The molecular weight excluding hydrogens is 408 g/mol. The van der Waals surface area contributed by atoms with E-state index in [1.165, 1.54) is 16.2 Å². The maximum Gasteiger partial charge on any atom is 0.261 e. The number of imide groups is 1. The summed E-state index contributed by atoms with van der Waals surface area (Å²) in [6.07, 6.45) is 0.551. The van der Waals surface area contributed by atoms with E-state index in [0.717, 1.165) is 15.5 Å². The molecule has 4 rings (SSSR count). The highest BCUT2D eigenvalue weighted by Crippen LogP contribution is 2.30. The molecule has 148 valence electrons. The largest absolute Gasteiger partial charge is 0.301 e. The number of nitrogens with zero attached hydrogens (tertiary/aromatic N) is 3. The average Bonchev–Trinajstić information content (AvgIpc) is 3.15. The Kier molecular flexibility index (Phi) is 5.59. The molecule has 0 spiro atoms. The van der Waals surface area contributed by atoms with Gasteiger partial charge in [-0.2, -0.15) is 0 Å². The normalized spacial score (nSPS) is 13.2. The lowest BCUT2D eigenvalue weighted by Crippen LogP contribution is -2.41. The van der Waals surface area contributed by atoms with Crippen LogP contribution in [0.3, 0.4) is 0 Å². The third kappa shape index (κ3) is 3.88. The number of anilines is 1. The monoisotopic (exact) mass is 426 g/mol. The topological polar surface area (TPSA) is 92.3 Å². The molecule has 2 aromatic carbocycles. The van der Waals surface area contributed by atoms with E-state index >= 15 is 0 Å². The number of carbonyl (C=O) groups is 3. The van der Waals surface area contributed by atoms with Gasteiger partial charge in [-0.05, 0) is 29.7 Å². The van der Waals surface area contributed by atoms with Crippen LogP contribution in [0.1, 0.15) is 40.5 Å². The Hall–Kier alpha value is -2.78. The van der Waals surface area contributed by atoms with E-state index in [2.05, 4.69) is 15.5 Å². The van der Waals surface area contributed by atoms with Gasteiger partial charge in [0.1, 0.15) is 0 Å². The lowest BCUT2D eigenvalue weighted by Gasteiger charge is -2.27. The maximum absolute atomic E-state index is 12.8. The minimum Gasteiger partial charge on any atom is -0.301 e. The van der Waals surface area contributed by atoms with Crippen molar-refractivity contribution in [3.8, 4) is 0 Å². The van der Waals surface area contributed by atoms with Crippen LogP contribution in [0.5, 0.6) is 0 Å². The number of benzene rings is 2. The first-order chi connectivity index (χ1) is 14.1. The molecule has 2 heterocycles. The van der Waals surface area contributed by atoms with Gasteiger partial charge in [0.15, 0.2) is 4.34 Å². The third-order valence-corrected chi connectivity index (χ3v) is 6.42. The van der Waals surface area contributed by atoms with E-state index in [9.17, 15) is 14.4 Å². The Bertz CT molecular complexity index is 1060. The number of rotatable bonds is 7. The number of thioether (sulfide) groups is 1. The molecule has 3 amide bonds. The smallest absolute Gasteiger partial charge is 0.261 e. The van der Waals surface area contributed by atoms with Crippen molar-refractivity contribution in [2.45, 2.75) is 24.1 Å². The fourth-order valence-corrected chi connectivity index (χ4v) is 4.97. The number of carbonyl (C=O) groups excluding carboxylic acids is 3. The molecule has 0 fully saturated rings. The van der Waals surface area contributed by atoms with Gasteiger partial charge in [-0.15, -0.1) is 10.2 Å². The summed E-state index contributed by atoms with van der Waals surface area (Å²) in [5.74, 6) is 0.0425. The van der Waals surface area contributed by atoms with Crippen molar-refractivity contribution in [2.24, 2.45) is 0 Å². The molecule has 0 saturated heterocycles. The minimum atomic E-state index is -0.315. The molecule has 0 atom stereocenters. The van der Waals surface area contributed by atoms with Gasteiger partial charge in [-0.1, -0.05) is 54.3 Å². The van der Waals surface area contributed by atoms with Crippen LogP contribution in [0.15, 0.2) is 40.7 Å². The van der Waals surface area contributed by atoms with Crippen molar-refractivity contribution in [3.63, 3.8) is 0 Å². The third-order valence-electron chi connectivity index (χ3n) is 4.56. The number of amides is 3. The van der Waals surface area contributed by atoms with Crippen molar-refractivity contribution in [1.82, 2.24) is 15.1 Å². The van der Waals surface area contributed by atoms with Crippen molar-refractivity contribution in [3.05, 3.63) is 47.5 Å². The molecule has 29 heavy (non-hydrogen) atoms. The van der Waals surface area contributed by atoms with Gasteiger partial charge in [-0.25, -0.2) is 0 Å². The second-order valence-electron chi connectivity index (χ2n) is 6.43. The summed E-state index contributed by atoms with van der Waals surface area (Å²) in [6.45, 7) is 2.20. The number of hydrogen-bond donors (Lipinski definition) is 1. The van der Waals surface area contributed by atoms with Gasteiger partial charge in [0.25, 0.3) is 11.8 Å². The molecule has 1 aromatic heterocycles. The lowest BCUT2D eigenvalue weighted by atomic mass is 9.94. The second-order valence-corrected chi connectivity index (χ2v) is 8.92. The van der Waals surface area contributed by atoms with Crippen LogP contribution in [-0.2, 0) is 4.79 Å². The lowest BCUT2D eigenvalue weighted by molar-refractivity contribution is -0.116. The van der Waals surface area contributed by atoms with Crippen LogP contribution in [0.4, 0.5) is 5.13 Å². The predicted molar refractivity (Wildman–Crippen MR) is 113 cm³/mol. The molecule has 0 aliphatic carbocycles. The molecule has 0 bridgehead atoms. The fraction of sp³-hybridized carbons (Fsp3) is 0.250. The first-order valence-corrected chi connectivity index (χ1v) is 11.0. The number of nitrogens with one attached hydrogen (secondary N) is 1. The minimum absolute atomic E-state index is 0.179. The van der Waals surface area contributed by atoms with Crippen LogP contribution < -0.4 is 5.32 Å². The highest BCUT2D eigenvalue weighted by Gasteiger charge is 2.32. The van der Waals surface area contributed by atoms with Crippen LogP contribution in [0.25, 0.3) is 10.8 Å². The van der Waals surface area contributed by atoms with Gasteiger partial charge in [0, 0.05) is 29.5 Å². The van der Waals surface area contributed by atoms with E-state index < -0.39 is 0 Å². The summed E-state index contributed by atoms with van der Waals surface area (Å²) in [7, 11) is 0. The van der Waals surface area contributed by atoms with Gasteiger partial charge >= 0.3 is 0 Å². The molecule has 0 radical (unpaired) electrons. The second kappa shape index (κ2) is 8.30. The first-order valence-electron chi connectivity index (χ1n) is 9.22. The fourth-order valence-electron chi connectivity index (χ4n) is 3.31. The molecule has 9 heteroatoms. The van der Waals surface area contributed by atoms with Crippen molar-refractivity contribution in [1.29, 1.82) is 0 Å². The molecule has 7 nitrogen and oxygen atoms in total. The number of aromatic nitrogens is 2. The van der Waals surface area contributed by atoms with E-state index in [1.54, 1.807) is 23.9 Å². The van der Waals surface area contributed by atoms with Gasteiger partial charge in [0.05, 0.1) is 0 Å². The van der Waals surface area contributed by atoms with E-state index in [1.807, 2.05) is 31.2 Å². The summed E-state index contributed by atoms with van der Waals surface area (Å²) in [5, 5.41) is 12.7. The van der Waals surface area contributed by atoms with Gasteiger partial charge in [0.2, 0.25) is 11.0 Å². The Balaban J connectivity index is 1.39. The molecule has 3 aromatic rings. The predicted octanol–water partition coefficient (Wildman–Crippen LogP) is 3.82. The van der Waals surface area contributed by atoms with E-state index in [-0.39, 0.29) is 30.7 Å². The van der Waals surface area contributed by atoms with Crippen LogP contribution in [0, 0.1) is 0 Å². The van der Waals surface area contributed by atoms with E-state index in [0.29, 0.717) is 28.1 Å². The molecular formula is C20H18N4O3S2. The summed E-state index contributed by atoms with van der Waals surface area (Å²) in [5.41, 5.74) is 1.05. The van der Waals surface area contributed by atoms with Crippen LogP contribution in [0.2, 0.25) is 0 Å². The zero-order valence-electron chi connectivity index (χ0n) is 15.7. The zero-order chi connectivity index (χ0) is 20.4. The summed E-state index contributed by atoms with van der Waals surface area (Å²) < 4.78 is 0.806. The van der Waals surface area contributed by atoms with Gasteiger partial charge in [-0.3, -0.25) is 19.3 Å². The first kappa shape index (κ1) is 19.5.